The molecule has 3 N–H and O–H groups in total. The molecule has 0 aliphatic carbocycles. The molecule has 0 unspecified atom stereocenters. The van der Waals surface area contributed by atoms with E-state index in [1.54, 1.807) is 36.5 Å². The lowest BCUT2D eigenvalue weighted by Crippen LogP contribution is -2.33. The van der Waals surface area contributed by atoms with Gasteiger partial charge in [-0.2, -0.15) is 13.2 Å². The van der Waals surface area contributed by atoms with Crippen LogP contribution >= 0.6 is 11.6 Å². The molecule has 1 aliphatic rings. The molecule has 7 nitrogen and oxygen atoms in total. The second-order valence-electron chi connectivity index (χ2n) is 7.40. The van der Waals surface area contributed by atoms with Gasteiger partial charge >= 0.3 is 6.18 Å². The van der Waals surface area contributed by atoms with Gasteiger partial charge in [0.1, 0.15) is 11.6 Å². The number of fused-ring (bicyclic) bond motifs is 1. The van der Waals surface area contributed by atoms with Gasteiger partial charge in [-0.15, -0.1) is 0 Å². The summed E-state index contributed by atoms with van der Waals surface area (Å²) in [5.41, 5.74) is 2.75. The molecule has 0 spiro atoms. The highest BCUT2D eigenvalue weighted by atomic mass is 35.5. The van der Waals surface area contributed by atoms with Crippen LogP contribution in [0, 0.1) is 5.41 Å². The van der Waals surface area contributed by atoms with E-state index in [-0.39, 0.29) is 18.8 Å². The summed E-state index contributed by atoms with van der Waals surface area (Å²) in [7, 11) is 0. The minimum Gasteiger partial charge on any atom is -0.385 e. The fourth-order valence-electron chi connectivity index (χ4n) is 3.68. The molecular formula is C22H21ClF3N7. The maximum Gasteiger partial charge on any atom is 0.451 e. The number of nitrogens with one attached hydrogen (secondary N) is 3. The summed E-state index contributed by atoms with van der Waals surface area (Å²) in [4.78, 5) is 13.8. The maximum absolute atomic E-state index is 13.5. The largest absolute Gasteiger partial charge is 0.451 e. The van der Waals surface area contributed by atoms with Crippen LogP contribution in [0.1, 0.15) is 29.6 Å². The first-order chi connectivity index (χ1) is 15.8. The van der Waals surface area contributed by atoms with Gasteiger partial charge in [0.25, 0.3) is 0 Å². The van der Waals surface area contributed by atoms with Crippen LogP contribution in [0.5, 0.6) is 0 Å². The number of anilines is 4. The molecule has 4 rings (SSSR count). The van der Waals surface area contributed by atoms with Crippen LogP contribution in [0.25, 0.3) is 0 Å². The predicted molar refractivity (Wildman–Crippen MR) is 123 cm³/mol. The fraction of sp³-hybridized carbons (Fsp3) is 0.273. The number of nitrogens with zero attached hydrogens (tertiary/aromatic N) is 4. The SMILES string of the molecule is CCNc1ccc(Nc2nc(C(F)(F)F)nc3c2CN(c2ncccc2Cl)CC3)cc1C=N. The molecule has 0 atom stereocenters. The van der Waals surface area contributed by atoms with E-state index < -0.39 is 12.0 Å². The molecule has 0 bridgehead atoms. The van der Waals surface area contributed by atoms with Crippen LogP contribution in [0.15, 0.2) is 36.5 Å². The highest BCUT2D eigenvalue weighted by Gasteiger charge is 2.37. The van der Waals surface area contributed by atoms with Crippen molar-refractivity contribution in [1.29, 1.82) is 5.41 Å². The second kappa shape index (κ2) is 9.22. The molecule has 33 heavy (non-hydrogen) atoms. The van der Waals surface area contributed by atoms with Crippen molar-refractivity contribution in [3.8, 4) is 0 Å². The number of benzene rings is 1. The topological polar surface area (TPSA) is 89.8 Å². The predicted octanol–water partition coefficient (Wildman–Crippen LogP) is 5.28. The van der Waals surface area contributed by atoms with Gasteiger partial charge in [0.15, 0.2) is 0 Å². The van der Waals surface area contributed by atoms with Crippen LogP contribution in [0.2, 0.25) is 5.02 Å². The molecular weight excluding hydrogens is 455 g/mol. The third kappa shape index (κ3) is 4.85. The number of pyridine rings is 1. The number of aromatic nitrogens is 3. The molecule has 3 aromatic rings. The van der Waals surface area contributed by atoms with Gasteiger partial charge < -0.3 is 20.9 Å². The van der Waals surface area contributed by atoms with E-state index in [1.165, 1.54) is 6.21 Å². The van der Waals surface area contributed by atoms with Gasteiger partial charge in [-0.3, -0.25) is 0 Å². The van der Waals surface area contributed by atoms with E-state index in [9.17, 15) is 13.2 Å². The molecule has 0 saturated heterocycles. The van der Waals surface area contributed by atoms with Crippen LogP contribution in [0.4, 0.5) is 36.2 Å². The number of alkyl halides is 3. The van der Waals surface area contributed by atoms with Gasteiger partial charge in [-0.25, -0.2) is 15.0 Å². The number of hydrogen-bond donors (Lipinski definition) is 3. The van der Waals surface area contributed by atoms with Crippen molar-refractivity contribution >= 4 is 40.8 Å². The average molecular weight is 476 g/mol. The Labute approximate surface area is 193 Å². The van der Waals surface area contributed by atoms with Crippen LogP contribution in [-0.4, -0.2) is 34.3 Å². The van der Waals surface area contributed by atoms with Crippen LogP contribution < -0.4 is 15.5 Å². The standard InChI is InChI=1S/C22H21ClF3N7/c1-2-28-17-6-5-14(10-13(17)11-27)30-19-15-12-33(20-16(23)4-3-8-29-20)9-7-18(15)31-21(32-19)22(24,25)26/h3-6,8,10-11,27-28H,2,7,9,12H2,1H3,(H,30,31,32). The highest BCUT2D eigenvalue weighted by molar-refractivity contribution is 6.32. The molecule has 0 radical (unpaired) electrons. The molecule has 172 valence electrons. The van der Waals surface area contributed by atoms with E-state index in [1.807, 2.05) is 11.8 Å². The Morgan fingerprint density at radius 1 is 1.24 bits per heavy atom. The minimum atomic E-state index is -4.68. The zero-order valence-electron chi connectivity index (χ0n) is 17.7. The molecule has 1 aromatic carbocycles. The third-order valence-corrected chi connectivity index (χ3v) is 5.48. The Morgan fingerprint density at radius 2 is 2.06 bits per heavy atom. The summed E-state index contributed by atoms with van der Waals surface area (Å²) in [5, 5.41) is 14.3. The fourth-order valence-corrected chi connectivity index (χ4v) is 3.92. The smallest absolute Gasteiger partial charge is 0.385 e. The Hall–Kier alpha value is -3.40. The molecule has 3 heterocycles. The lowest BCUT2D eigenvalue weighted by atomic mass is 10.1. The van der Waals surface area contributed by atoms with Crippen molar-refractivity contribution in [3.63, 3.8) is 0 Å². The molecule has 0 saturated carbocycles. The van der Waals surface area contributed by atoms with Crippen LogP contribution in [-0.2, 0) is 19.1 Å². The third-order valence-electron chi connectivity index (χ3n) is 5.19. The average Bonchev–Trinajstić information content (AvgIpc) is 2.79. The van der Waals surface area contributed by atoms with Gasteiger partial charge in [-0.1, -0.05) is 11.6 Å². The first kappa shape index (κ1) is 22.8. The molecule has 0 amide bonds. The van der Waals surface area contributed by atoms with E-state index >= 15 is 0 Å². The summed E-state index contributed by atoms with van der Waals surface area (Å²) in [6, 6.07) is 8.61. The van der Waals surface area contributed by atoms with Crippen molar-refractivity contribution < 1.29 is 13.2 Å². The van der Waals surface area contributed by atoms with E-state index in [2.05, 4.69) is 25.6 Å². The van der Waals surface area contributed by atoms with E-state index in [0.29, 0.717) is 46.4 Å². The van der Waals surface area contributed by atoms with Crippen molar-refractivity contribution in [1.82, 2.24) is 15.0 Å². The van der Waals surface area contributed by atoms with E-state index in [4.69, 9.17) is 17.0 Å². The Morgan fingerprint density at radius 3 is 2.76 bits per heavy atom. The number of rotatable bonds is 6. The zero-order valence-corrected chi connectivity index (χ0v) is 18.4. The first-order valence-electron chi connectivity index (χ1n) is 10.3. The Kier molecular flexibility index (Phi) is 6.37. The zero-order chi connectivity index (χ0) is 23.6. The molecule has 2 aromatic heterocycles. The Bertz CT molecular complexity index is 1180. The Balaban J connectivity index is 1.74. The number of halogens is 4. The summed E-state index contributed by atoms with van der Waals surface area (Å²) in [6.45, 7) is 3.28. The quantitative estimate of drug-likeness (QED) is 0.420. The van der Waals surface area contributed by atoms with Gasteiger partial charge in [-0.05, 0) is 37.3 Å². The highest BCUT2D eigenvalue weighted by Crippen LogP contribution is 2.35. The number of hydrogen-bond acceptors (Lipinski definition) is 7. The normalized spacial score (nSPS) is 13.4. The van der Waals surface area contributed by atoms with Crippen molar-refractivity contribution in [2.75, 3.05) is 28.6 Å². The van der Waals surface area contributed by atoms with Crippen molar-refractivity contribution in [3.05, 3.63) is 64.2 Å². The summed E-state index contributed by atoms with van der Waals surface area (Å²) < 4.78 is 40.5. The van der Waals surface area contributed by atoms with Crippen molar-refractivity contribution in [2.45, 2.75) is 26.1 Å². The lowest BCUT2D eigenvalue weighted by molar-refractivity contribution is -0.145. The minimum absolute atomic E-state index is 0.0659. The van der Waals surface area contributed by atoms with Crippen molar-refractivity contribution in [2.24, 2.45) is 0 Å². The monoisotopic (exact) mass is 475 g/mol. The van der Waals surface area contributed by atoms with Gasteiger partial charge in [0.2, 0.25) is 5.82 Å². The first-order valence-corrected chi connectivity index (χ1v) is 10.7. The molecule has 11 heteroatoms. The summed E-state index contributed by atoms with van der Waals surface area (Å²) >= 11 is 6.29. The molecule has 1 aliphatic heterocycles. The summed E-state index contributed by atoms with van der Waals surface area (Å²) in [5.74, 6) is -0.572. The van der Waals surface area contributed by atoms with Gasteiger partial charge in [0.05, 0.1) is 10.7 Å². The van der Waals surface area contributed by atoms with Gasteiger partial charge in [0, 0.05) is 61.0 Å². The summed E-state index contributed by atoms with van der Waals surface area (Å²) in [6.07, 6.45) is -1.59. The second-order valence-corrected chi connectivity index (χ2v) is 7.81. The van der Waals surface area contributed by atoms with Crippen LogP contribution in [0.3, 0.4) is 0 Å². The maximum atomic E-state index is 13.5. The molecule has 0 fully saturated rings. The van der Waals surface area contributed by atoms with E-state index in [0.717, 1.165) is 5.69 Å². The lowest BCUT2D eigenvalue weighted by Gasteiger charge is -2.31.